The molecule has 1 rings (SSSR count). The second kappa shape index (κ2) is 3.50. The summed E-state index contributed by atoms with van der Waals surface area (Å²) in [5.41, 5.74) is 0.202. The molecule has 1 aromatic carbocycles. The molecule has 0 aliphatic carbocycles. The molecule has 0 radical (unpaired) electrons. The third kappa shape index (κ3) is 1.71. The van der Waals surface area contributed by atoms with Gasteiger partial charge in [-0.2, -0.15) is 5.26 Å². The Labute approximate surface area is 74.0 Å². The molecular formula is C9H5NO3. The van der Waals surface area contributed by atoms with Crippen molar-refractivity contribution in [1.29, 1.82) is 5.26 Å². The Morgan fingerprint density at radius 3 is 2.69 bits per heavy atom. The summed E-state index contributed by atoms with van der Waals surface area (Å²) in [7, 11) is 0. The average Bonchev–Trinajstić information content (AvgIpc) is 2.16. The van der Waals surface area contributed by atoms with Crippen LogP contribution in [0.3, 0.4) is 0 Å². The number of hydrogen-bond acceptors (Lipinski definition) is 3. The maximum atomic E-state index is 10.5. The van der Waals surface area contributed by atoms with Crippen LogP contribution in [0.15, 0.2) is 18.2 Å². The molecule has 0 aliphatic heterocycles. The molecule has 0 fully saturated rings. The monoisotopic (exact) mass is 175 g/mol. The van der Waals surface area contributed by atoms with Crippen LogP contribution in [0, 0.1) is 11.3 Å². The molecule has 0 saturated carbocycles. The highest BCUT2D eigenvalue weighted by Gasteiger charge is 2.09. The molecule has 1 aromatic rings. The average molecular weight is 175 g/mol. The Morgan fingerprint density at radius 2 is 2.23 bits per heavy atom. The zero-order chi connectivity index (χ0) is 9.84. The highest BCUT2D eigenvalue weighted by atomic mass is 16.4. The van der Waals surface area contributed by atoms with Crippen LogP contribution >= 0.6 is 0 Å². The Bertz CT molecular complexity index is 404. The number of aldehydes is 1. The number of aromatic carboxylic acids is 1. The van der Waals surface area contributed by atoms with Crippen molar-refractivity contribution in [3.8, 4) is 6.07 Å². The lowest BCUT2D eigenvalue weighted by Gasteiger charge is -1.97. The minimum Gasteiger partial charge on any atom is -0.478 e. The summed E-state index contributed by atoms with van der Waals surface area (Å²) in [6, 6.07) is 5.66. The first kappa shape index (κ1) is 8.94. The normalized spacial score (nSPS) is 8.85. The summed E-state index contributed by atoms with van der Waals surface area (Å²) in [6.45, 7) is 0. The Hall–Kier alpha value is -2.15. The van der Waals surface area contributed by atoms with E-state index in [-0.39, 0.29) is 16.7 Å². The van der Waals surface area contributed by atoms with Crippen LogP contribution in [-0.4, -0.2) is 17.4 Å². The third-order valence-electron chi connectivity index (χ3n) is 1.54. The highest BCUT2D eigenvalue weighted by Crippen LogP contribution is 2.09. The molecule has 0 aromatic heterocycles. The van der Waals surface area contributed by atoms with Crippen molar-refractivity contribution in [1.82, 2.24) is 0 Å². The van der Waals surface area contributed by atoms with Gasteiger partial charge < -0.3 is 5.11 Å². The van der Waals surface area contributed by atoms with Crippen LogP contribution in [0.1, 0.15) is 26.3 Å². The van der Waals surface area contributed by atoms with Gasteiger partial charge in [0.25, 0.3) is 0 Å². The van der Waals surface area contributed by atoms with E-state index in [1.807, 2.05) is 6.07 Å². The van der Waals surface area contributed by atoms with Gasteiger partial charge in [-0.15, -0.1) is 0 Å². The number of carboxylic acid groups (broad SMARTS) is 1. The molecule has 0 amide bonds. The topological polar surface area (TPSA) is 78.2 Å². The van der Waals surface area contributed by atoms with Gasteiger partial charge in [-0.1, -0.05) is 0 Å². The first-order valence-electron chi connectivity index (χ1n) is 3.41. The molecule has 4 heteroatoms. The van der Waals surface area contributed by atoms with Crippen molar-refractivity contribution >= 4 is 12.3 Å². The first-order chi connectivity index (χ1) is 6.19. The van der Waals surface area contributed by atoms with Crippen molar-refractivity contribution in [3.63, 3.8) is 0 Å². The summed E-state index contributed by atoms with van der Waals surface area (Å²) in [4.78, 5) is 21.0. The van der Waals surface area contributed by atoms with Crippen LogP contribution in [-0.2, 0) is 0 Å². The molecule has 0 atom stereocenters. The summed E-state index contributed by atoms with van der Waals surface area (Å²) < 4.78 is 0. The maximum absolute atomic E-state index is 10.5. The lowest BCUT2D eigenvalue weighted by molar-refractivity contribution is 0.0694. The van der Waals surface area contributed by atoms with Crippen LogP contribution in [0.4, 0.5) is 0 Å². The molecule has 0 aliphatic rings. The minimum atomic E-state index is -1.17. The zero-order valence-electron chi connectivity index (χ0n) is 6.52. The van der Waals surface area contributed by atoms with Crippen molar-refractivity contribution in [3.05, 3.63) is 34.9 Å². The predicted octanol–water partition coefficient (Wildman–Crippen LogP) is 1.07. The number of rotatable bonds is 2. The summed E-state index contributed by atoms with van der Waals surface area (Å²) in [5.74, 6) is -1.17. The van der Waals surface area contributed by atoms with Crippen molar-refractivity contribution < 1.29 is 14.7 Å². The SMILES string of the molecule is N#Cc1ccc(C(=O)O)c(C=O)c1. The largest absolute Gasteiger partial charge is 0.478 e. The van der Waals surface area contributed by atoms with Crippen molar-refractivity contribution in [2.45, 2.75) is 0 Å². The molecule has 64 valence electrons. The van der Waals surface area contributed by atoms with Gasteiger partial charge in [0.1, 0.15) is 0 Å². The number of carbonyl (C=O) groups excluding carboxylic acids is 1. The molecule has 13 heavy (non-hydrogen) atoms. The van der Waals surface area contributed by atoms with E-state index in [1.54, 1.807) is 0 Å². The van der Waals surface area contributed by atoms with E-state index in [2.05, 4.69) is 0 Å². The van der Waals surface area contributed by atoms with Gasteiger partial charge in [0.05, 0.1) is 17.2 Å². The molecule has 0 bridgehead atoms. The summed E-state index contributed by atoms with van der Waals surface area (Å²) >= 11 is 0. The number of nitriles is 1. The van der Waals surface area contributed by atoms with E-state index in [0.29, 0.717) is 6.29 Å². The van der Waals surface area contributed by atoms with E-state index < -0.39 is 5.97 Å². The lowest BCUT2D eigenvalue weighted by Crippen LogP contribution is -2.01. The number of nitrogens with zero attached hydrogens (tertiary/aromatic N) is 1. The van der Waals surface area contributed by atoms with E-state index in [0.717, 1.165) is 0 Å². The summed E-state index contributed by atoms with van der Waals surface area (Å²) in [5, 5.41) is 17.1. The third-order valence-corrected chi connectivity index (χ3v) is 1.54. The van der Waals surface area contributed by atoms with E-state index in [9.17, 15) is 9.59 Å². The van der Waals surface area contributed by atoms with Gasteiger partial charge in [0.2, 0.25) is 0 Å². The Balaban J connectivity index is 3.33. The van der Waals surface area contributed by atoms with Crippen molar-refractivity contribution in [2.24, 2.45) is 0 Å². The number of hydrogen-bond donors (Lipinski definition) is 1. The first-order valence-corrected chi connectivity index (χ1v) is 3.41. The van der Waals surface area contributed by atoms with Gasteiger partial charge in [-0.3, -0.25) is 4.79 Å². The second-order valence-corrected chi connectivity index (χ2v) is 2.34. The molecule has 1 N–H and O–H groups in total. The maximum Gasteiger partial charge on any atom is 0.336 e. The quantitative estimate of drug-likeness (QED) is 0.682. The predicted molar refractivity (Wildman–Crippen MR) is 43.5 cm³/mol. The molecule has 0 heterocycles. The molecule has 0 unspecified atom stereocenters. The van der Waals surface area contributed by atoms with Gasteiger partial charge in [-0.25, -0.2) is 4.79 Å². The van der Waals surface area contributed by atoms with E-state index in [1.165, 1.54) is 18.2 Å². The van der Waals surface area contributed by atoms with Crippen molar-refractivity contribution in [2.75, 3.05) is 0 Å². The molecule has 0 spiro atoms. The van der Waals surface area contributed by atoms with Crippen LogP contribution in [0.25, 0.3) is 0 Å². The fourth-order valence-corrected chi connectivity index (χ4v) is 0.925. The van der Waals surface area contributed by atoms with E-state index in [4.69, 9.17) is 10.4 Å². The van der Waals surface area contributed by atoms with Gasteiger partial charge >= 0.3 is 5.97 Å². The fraction of sp³-hybridized carbons (Fsp3) is 0. The van der Waals surface area contributed by atoms with Gasteiger partial charge in [-0.05, 0) is 18.2 Å². The smallest absolute Gasteiger partial charge is 0.336 e. The van der Waals surface area contributed by atoms with E-state index >= 15 is 0 Å². The summed E-state index contributed by atoms with van der Waals surface area (Å²) in [6.07, 6.45) is 0.421. The number of carboxylic acids is 1. The van der Waals surface area contributed by atoms with Crippen LogP contribution in [0.5, 0.6) is 0 Å². The number of carbonyl (C=O) groups is 2. The molecular weight excluding hydrogens is 170 g/mol. The molecule has 4 nitrogen and oxygen atoms in total. The fourth-order valence-electron chi connectivity index (χ4n) is 0.925. The van der Waals surface area contributed by atoms with Gasteiger partial charge in [0.15, 0.2) is 6.29 Å². The lowest BCUT2D eigenvalue weighted by atomic mass is 10.1. The molecule has 0 saturated heterocycles. The van der Waals surface area contributed by atoms with Gasteiger partial charge in [0, 0.05) is 5.56 Å². The zero-order valence-corrected chi connectivity index (χ0v) is 6.52. The highest BCUT2D eigenvalue weighted by molar-refractivity contribution is 5.97. The van der Waals surface area contributed by atoms with Crippen LogP contribution < -0.4 is 0 Å². The minimum absolute atomic E-state index is 0.0200. The Morgan fingerprint density at radius 1 is 1.54 bits per heavy atom. The standard InChI is InChI=1S/C9H5NO3/c10-4-6-1-2-8(9(12)13)7(3-6)5-11/h1-3,5H,(H,12,13). The Kier molecular flexibility index (Phi) is 2.41. The second-order valence-electron chi connectivity index (χ2n) is 2.34. The van der Waals surface area contributed by atoms with Crippen LogP contribution in [0.2, 0.25) is 0 Å². The number of benzene rings is 1.